The van der Waals surface area contributed by atoms with E-state index in [-0.39, 0.29) is 11.7 Å². The van der Waals surface area contributed by atoms with Crippen molar-refractivity contribution in [2.24, 2.45) is 0 Å². The summed E-state index contributed by atoms with van der Waals surface area (Å²) in [6, 6.07) is 29.8. The maximum Gasteiger partial charge on any atom is 0.257 e. The number of nitrogens with one attached hydrogen (secondary N) is 3. The molecule has 216 valence electrons. The van der Waals surface area contributed by atoms with Crippen molar-refractivity contribution >= 4 is 40.3 Å². The summed E-state index contributed by atoms with van der Waals surface area (Å²) in [5, 5.41) is 9.33. The zero-order valence-corrected chi connectivity index (χ0v) is 23.2. The highest BCUT2D eigenvalue weighted by atomic mass is 19.1. The Bertz CT molecular complexity index is 1690. The number of benzene rings is 4. The van der Waals surface area contributed by atoms with Crippen molar-refractivity contribution in [2.45, 2.75) is 0 Å². The highest BCUT2D eigenvalue weighted by Gasteiger charge is 2.13. The van der Waals surface area contributed by atoms with Crippen LogP contribution in [0.1, 0.15) is 10.4 Å². The minimum Gasteiger partial charge on any atom is -0.439 e. The summed E-state index contributed by atoms with van der Waals surface area (Å²) in [6.07, 6.45) is 1.63. The summed E-state index contributed by atoms with van der Waals surface area (Å²) in [7, 11) is 0. The first-order chi connectivity index (χ1) is 21.1. The van der Waals surface area contributed by atoms with Gasteiger partial charge in [-0.2, -0.15) is 4.98 Å². The van der Waals surface area contributed by atoms with Gasteiger partial charge >= 0.3 is 0 Å². The molecule has 43 heavy (non-hydrogen) atoms. The van der Waals surface area contributed by atoms with Gasteiger partial charge in [0.2, 0.25) is 11.8 Å². The molecule has 6 rings (SSSR count). The van der Waals surface area contributed by atoms with Crippen LogP contribution in [-0.2, 0) is 4.74 Å². The predicted molar refractivity (Wildman–Crippen MR) is 165 cm³/mol. The fraction of sp³-hybridized carbons (Fsp3) is 0.121. The number of hydrogen-bond acceptors (Lipinski definition) is 8. The van der Waals surface area contributed by atoms with Crippen LogP contribution in [0.4, 0.5) is 38.8 Å². The molecule has 1 saturated heterocycles. The standard InChI is InChI=1S/C33H29FN6O3/c34-23-8-10-24(11-9-23)36-30-7-2-1-6-29(30)32(41)37-25-12-14-28(15-13-25)43-31-16-17-35-33(39-31)38-26-4-3-5-27(22-26)40-18-20-42-21-19-40/h1-17,22,36H,18-21H2,(H,37,41)(H,35,38,39). The van der Waals surface area contributed by atoms with Crippen LogP contribution < -0.4 is 25.6 Å². The van der Waals surface area contributed by atoms with Gasteiger partial charge in [0.1, 0.15) is 11.6 Å². The van der Waals surface area contributed by atoms with E-state index >= 15 is 0 Å². The lowest BCUT2D eigenvalue weighted by molar-refractivity contribution is 0.102. The first-order valence-electron chi connectivity index (χ1n) is 13.8. The highest BCUT2D eigenvalue weighted by molar-refractivity contribution is 6.08. The smallest absolute Gasteiger partial charge is 0.257 e. The Hall–Kier alpha value is -5.48. The van der Waals surface area contributed by atoms with Crippen LogP contribution >= 0.6 is 0 Å². The van der Waals surface area contributed by atoms with E-state index in [2.05, 4.69) is 43.0 Å². The number of amides is 1. The Morgan fingerprint density at radius 1 is 0.814 bits per heavy atom. The number of carbonyl (C=O) groups excluding carboxylic acids is 1. The Labute approximate surface area is 248 Å². The van der Waals surface area contributed by atoms with Gasteiger partial charge in [0.25, 0.3) is 5.91 Å². The molecule has 0 saturated carbocycles. The summed E-state index contributed by atoms with van der Waals surface area (Å²) in [5.74, 6) is 0.720. The second-order valence-corrected chi connectivity index (χ2v) is 9.75. The number of hydrogen-bond donors (Lipinski definition) is 3. The van der Waals surface area contributed by atoms with E-state index in [0.29, 0.717) is 40.2 Å². The van der Waals surface area contributed by atoms with E-state index < -0.39 is 0 Å². The van der Waals surface area contributed by atoms with Gasteiger partial charge in [-0.15, -0.1) is 0 Å². The molecule has 2 heterocycles. The molecule has 10 heteroatoms. The fourth-order valence-corrected chi connectivity index (χ4v) is 4.59. The molecule has 4 aromatic carbocycles. The Morgan fingerprint density at radius 2 is 1.58 bits per heavy atom. The Balaban J connectivity index is 1.08. The number of carbonyl (C=O) groups is 1. The van der Waals surface area contributed by atoms with Gasteiger partial charge in [0.05, 0.1) is 24.5 Å². The summed E-state index contributed by atoms with van der Waals surface area (Å²) >= 11 is 0. The van der Waals surface area contributed by atoms with Gasteiger partial charge in [-0.25, -0.2) is 9.37 Å². The monoisotopic (exact) mass is 576 g/mol. The molecule has 5 aromatic rings. The third-order valence-electron chi connectivity index (χ3n) is 6.74. The molecule has 3 N–H and O–H groups in total. The first-order valence-corrected chi connectivity index (χ1v) is 13.8. The number of aromatic nitrogens is 2. The molecule has 1 aromatic heterocycles. The van der Waals surface area contributed by atoms with Crippen molar-refractivity contribution in [1.29, 1.82) is 0 Å². The quantitative estimate of drug-likeness (QED) is 0.173. The van der Waals surface area contributed by atoms with Crippen molar-refractivity contribution in [2.75, 3.05) is 47.2 Å². The second-order valence-electron chi connectivity index (χ2n) is 9.75. The summed E-state index contributed by atoms with van der Waals surface area (Å²) in [5.41, 5.74) is 4.30. The summed E-state index contributed by atoms with van der Waals surface area (Å²) in [4.78, 5) is 24.2. The van der Waals surface area contributed by atoms with Crippen LogP contribution in [0, 0.1) is 5.82 Å². The van der Waals surface area contributed by atoms with E-state index in [1.165, 1.54) is 12.1 Å². The molecule has 0 bridgehead atoms. The van der Waals surface area contributed by atoms with E-state index in [4.69, 9.17) is 9.47 Å². The fourth-order valence-electron chi connectivity index (χ4n) is 4.59. The topological polar surface area (TPSA) is 101 Å². The third-order valence-corrected chi connectivity index (χ3v) is 6.74. The van der Waals surface area contributed by atoms with Gasteiger partial charge in [-0.3, -0.25) is 4.79 Å². The van der Waals surface area contributed by atoms with Crippen LogP contribution in [0.3, 0.4) is 0 Å². The van der Waals surface area contributed by atoms with Crippen molar-refractivity contribution < 1.29 is 18.7 Å². The Kier molecular flexibility index (Phi) is 8.37. The molecule has 9 nitrogen and oxygen atoms in total. The van der Waals surface area contributed by atoms with Crippen molar-refractivity contribution in [3.63, 3.8) is 0 Å². The van der Waals surface area contributed by atoms with E-state index in [0.717, 1.165) is 37.7 Å². The van der Waals surface area contributed by atoms with Gasteiger partial charge in [0, 0.05) is 48.1 Å². The van der Waals surface area contributed by atoms with E-state index in [9.17, 15) is 9.18 Å². The summed E-state index contributed by atoms with van der Waals surface area (Å²) < 4.78 is 24.7. The molecule has 1 aliphatic heterocycles. The van der Waals surface area contributed by atoms with Crippen LogP contribution in [0.2, 0.25) is 0 Å². The maximum absolute atomic E-state index is 13.3. The average Bonchev–Trinajstić information content (AvgIpc) is 3.04. The number of para-hydroxylation sites is 1. The maximum atomic E-state index is 13.3. The van der Waals surface area contributed by atoms with Crippen molar-refractivity contribution in [1.82, 2.24) is 9.97 Å². The van der Waals surface area contributed by atoms with Crippen LogP contribution in [0.5, 0.6) is 11.6 Å². The molecule has 0 aliphatic carbocycles. The van der Waals surface area contributed by atoms with Crippen molar-refractivity contribution in [3.05, 3.63) is 121 Å². The zero-order chi connectivity index (χ0) is 29.4. The first kappa shape index (κ1) is 27.7. The summed E-state index contributed by atoms with van der Waals surface area (Å²) in [6.45, 7) is 3.15. The molecular formula is C33H29FN6O3. The number of nitrogens with zero attached hydrogens (tertiary/aromatic N) is 3. The van der Waals surface area contributed by atoms with Crippen LogP contribution in [-0.4, -0.2) is 42.2 Å². The van der Waals surface area contributed by atoms with Gasteiger partial charge < -0.3 is 30.3 Å². The molecule has 0 atom stereocenters. The lowest BCUT2D eigenvalue weighted by Crippen LogP contribution is -2.36. The molecule has 0 spiro atoms. The highest BCUT2D eigenvalue weighted by Crippen LogP contribution is 2.26. The molecule has 0 radical (unpaired) electrons. The number of anilines is 6. The number of ether oxygens (including phenoxy) is 2. The molecular weight excluding hydrogens is 547 g/mol. The Morgan fingerprint density at radius 3 is 2.40 bits per heavy atom. The second kappa shape index (κ2) is 13.0. The molecule has 1 fully saturated rings. The minimum absolute atomic E-state index is 0.289. The van der Waals surface area contributed by atoms with Crippen molar-refractivity contribution in [3.8, 4) is 11.6 Å². The molecule has 1 aliphatic rings. The number of halogens is 1. The van der Waals surface area contributed by atoms with Crippen LogP contribution in [0.15, 0.2) is 109 Å². The number of morpholine rings is 1. The predicted octanol–water partition coefficient (Wildman–Crippen LogP) is 6.98. The lowest BCUT2D eigenvalue weighted by Gasteiger charge is -2.29. The van der Waals surface area contributed by atoms with Gasteiger partial charge in [-0.05, 0) is 78.9 Å². The van der Waals surface area contributed by atoms with Crippen LogP contribution in [0.25, 0.3) is 0 Å². The molecule has 0 unspecified atom stereocenters. The van der Waals surface area contributed by atoms with E-state index in [1.807, 2.05) is 18.2 Å². The van der Waals surface area contributed by atoms with Gasteiger partial charge in [-0.1, -0.05) is 18.2 Å². The van der Waals surface area contributed by atoms with E-state index in [1.54, 1.807) is 66.9 Å². The zero-order valence-electron chi connectivity index (χ0n) is 23.2. The third kappa shape index (κ3) is 7.24. The normalized spacial score (nSPS) is 12.8. The number of rotatable bonds is 9. The average molecular weight is 577 g/mol. The van der Waals surface area contributed by atoms with Gasteiger partial charge in [0.15, 0.2) is 0 Å². The lowest BCUT2D eigenvalue weighted by atomic mass is 10.1. The molecule has 1 amide bonds. The SMILES string of the molecule is O=C(Nc1ccc(Oc2ccnc(Nc3cccc(N4CCOCC4)c3)n2)cc1)c1ccccc1Nc1ccc(F)cc1. The largest absolute Gasteiger partial charge is 0.439 e. The minimum atomic E-state index is -0.328.